The number of carboxylic acid groups (broad SMARTS) is 1. The third-order valence-corrected chi connectivity index (χ3v) is 4.94. The van der Waals surface area contributed by atoms with Crippen molar-refractivity contribution >= 4 is 29.7 Å². The van der Waals surface area contributed by atoms with Gasteiger partial charge >= 0.3 is 12.0 Å². The molecule has 2 N–H and O–H groups in total. The molecule has 2 atom stereocenters. The molecule has 0 aliphatic carbocycles. The van der Waals surface area contributed by atoms with Crippen LogP contribution in [-0.4, -0.2) is 76.0 Å². The van der Waals surface area contributed by atoms with Crippen molar-refractivity contribution in [2.24, 2.45) is 0 Å². The molecule has 2 heterocycles. The molecular formula is C13H21N3O4S. The van der Waals surface area contributed by atoms with Crippen LogP contribution >= 0.6 is 11.8 Å². The van der Waals surface area contributed by atoms with Crippen LogP contribution in [0.3, 0.4) is 0 Å². The summed E-state index contributed by atoms with van der Waals surface area (Å²) in [5, 5.41) is 11.8. The predicted molar refractivity (Wildman–Crippen MR) is 79.3 cm³/mol. The van der Waals surface area contributed by atoms with E-state index in [0.29, 0.717) is 31.8 Å². The molecule has 21 heavy (non-hydrogen) atoms. The molecule has 2 fully saturated rings. The van der Waals surface area contributed by atoms with Gasteiger partial charge in [0, 0.05) is 31.1 Å². The van der Waals surface area contributed by atoms with Crippen LogP contribution in [0.5, 0.6) is 0 Å². The van der Waals surface area contributed by atoms with Gasteiger partial charge in [0.25, 0.3) is 0 Å². The van der Waals surface area contributed by atoms with E-state index in [1.165, 1.54) is 0 Å². The Balaban J connectivity index is 2.11. The Kier molecular flexibility index (Phi) is 5.33. The summed E-state index contributed by atoms with van der Waals surface area (Å²) in [7, 11) is 0. The van der Waals surface area contributed by atoms with Gasteiger partial charge in [-0.05, 0) is 6.42 Å². The standard InChI is InChI=1S/C13H21N3O4S/c1-2-10-12(19)14-3-4-16(10)13(20)15-5-6-21-8-9(15)7-11(17)18/h9-10H,2-8H2,1H3,(H,14,19)(H,17,18). The topological polar surface area (TPSA) is 90.0 Å². The van der Waals surface area contributed by atoms with E-state index in [9.17, 15) is 14.4 Å². The first-order valence-electron chi connectivity index (χ1n) is 7.19. The number of carbonyl (C=O) groups is 3. The Labute approximate surface area is 128 Å². The van der Waals surface area contributed by atoms with Gasteiger partial charge in [-0.25, -0.2) is 4.79 Å². The molecule has 7 nitrogen and oxygen atoms in total. The molecule has 0 aromatic heterocycles. The van der Waals surface area contributed by atoms with Crippen molar-refractivity contribution in [3.63, 3.8) is 0 Å². The molecule has 3 amide bonds. The first-order valence-corrected chi connectivity index (χ1v) is 8.34. The second kappa shape index (κ2) is 7.02. The Morgan fingerprint density at radius 1 is 1.38 bits per heavy atom. The zero-order valence-electron chi connectivity index (χ0n) is 12.1. The Hall–Kier alpha value is -1.44. The number of thioether (sulfide) groups is 1. The van der Waals surface area contributed by atoms with E-state index < -0.39 is 12.0 Å². The number of rotatable bonds is 3. The maximum absolute atomic E-state index is 12.7. The third-order valence-electron chi connectivity index (χ3n) is 3.85. The number of carboxylic acids is 1. The maximum Gasteiger partial charge on any atom is 0.321 e. The Morgan fingerprint density at radius 3 is 2.81 bits per heavy atom. The summed E-state index contributed by atoms with van der Waals surface area (Å²) in [6.45, 7) is 3.34. The lowest BCUT2D eigenvalue weighted by molar-refractivity contribution is -0.138. The number of hydrogen-bond donors (Lipinski definition) is 2. The average Bonchev–Trinajstić information content (AvgIpc) is 2.46. The van der Waals surface area contributed by atoms with E-state index in [-0.39, 0.29) is 24.4 Å². The van der Waals surface area contributed by atoms with Crippen LogP contribution in [0.2, 0.25) is 0 Å². The second-order valence-corrected chi connectivity index (χ2v) is 6.36. The van der Waals surface area contributed by atoms with Gasteiger partial charge in [0.1, 0.15) is 6.04 Å². The minimum absolute atomic E-state index is 0.0461. The zero-order valence-corrected chi connectivity index (χ0v) is 12.9. The first-order chi connectivity index (χ1) is 10.0. The van der Waals surface area contributed by atoms with Crippen molar-refractivity contribution in [1.82, 2.24) is 15.1 Å². The summed E-state index contributed by atoms with van der Waals surface area (Å²) < 4.78 is 0. The number of piperazine rings is 1. The predicted octanol–water partition coefficient (Wildman–Crippen LogP) is 0.209. The number of urea groups is 1. The number of hydrogen-bond acceptors (Lipinski definition) is 4. The van der Waals surface area contributed by atoms with E-state index in [1.807, 2.05) is 6.92 Å². The van der Waals surface area contributed by atoms with Crippen LogP contribution in [0, 0.1) is 0 Å². The van der Waals surface area contributed by atoms with Gasteiger partial charge in [0.2, 0.25) is 5.91 Å². The van der Waals surface area contributed by atoms with Crippen molar-refractivity contribution in [3.05, 3.63) is 0 Å². The number of carbonyl (C=O) groups excluding carboxylic acids is 2. The van der Waals surface area contributed by atoms with E-state index in [4.69, 9.17) is 5.11 Å². The Bertz CT molecular complexity index is 432. The van der Waals surface area contributed by atoms with E-state index in [1.54, 1.807) is 21.6 Å². The van der Waals surface area contributed by atoms with Crippen LogP contribution in [0.25, 0.3) is 0 Å². The van der Waals surface area contributed by atoms with E-state index >= 15 is 0 Å². The Morgan fingerprint density at radius 2 is 2.14 bits per heavy atom. The maximum atomic E-state index is 12.7. The molecule has 2 aliphatic rings. The molecule has 0 bridgehead atoms. The van der Waals surface area contributed by atoms with Crippen LogP contribution < -0.4 is 5.32 Å². The highest BCUT2D eigenvalue weighted by atomic mass is 32.2. The minimum atomic E-state index is -0.899. The fourth-order valence-electron chi connectivity index (χ4n) is 2.79. The van der Waals surface area contributed by atoms with Crippen LogP contribution in [0.4, 0.5) is 4.79 Å². The SMILES string of the molecule is CCC1C(=O)NCCN1C(=O)N1CCSCC1CC(=O)O. The molecule has 2 aliphatic heterocycles. The van der Waals surface area contributed by atoms with E-state index in [0.717, 1.165) is 5.75 Å². The van der Waals surface area contributed by atoms with Gasteiger partial charge in [0.15, 0.2) is 0 Å². The average molecular weight is 315 g/mol. The highest BCUT2D eigenvalue weighted by molar-refractivity contribution is 7.99. The zero-order chi connectivity index (χ0) is 15.4. The van der Waals surface area contributed by atoms with Gasteiger partial charge in [0.05, 0.1) is 12.5 Å². The molecule has 0 saturated carbocycles. The molecule has 2 saturated heterocycles. The summed E-state index contributed by atoms with van der Waals surface area (Å²) in [6.07, 6.45) is 0.513. The number of aliphatic carboxylic acids is 1. The van der Waals surface area contributed by atoms with Gasteiger partial charge < -0.3 is 20.2 Å². The molecule has 0 aromatic carbocycles. The number of amides is 3. The van der Waals surface area contributed by atoms with E-state index in [2.05, 4.69) is 5.32 Å². The summed E-state index contributed by atoms with van der Waals surface area (Å²) in [6, 6.07) is -0.953. The number of nitrogens with zero attached hydrogens (tertiary/aromatic N) is 2. The highest BCUT2D eigenvalue weighted by Gasteiger charge is 2.37. The summed E-state index contributed by atoms with van der Waals surface area (Å²) in [5.74, 6) is 0.412. The van der Waals surface area contributed by atoms with Crippen molar-refractivity contribution in [1.29, 1.82) is 0 Å². The lowest BCUT2D eigenvalue weighted by Crippen LogP contribution is -2.62. The van der Waals surface area contributed by atoms with Crippen molar-refractivity contribution in [3.8, 4) is 0 Å². The molecule has 118 valence electrons. The monoisotopic (exact) mass is 315 g/mol. The lowest BCUT2D eigenvalue weighted by Gasteiger charge is -2.42. The molecule has 0 spiro atoms. The normalized spacial score (nSPS) is 26.4. The second-order valence-electron chi connectivity index (χ2n) is 5.21. The summed E-state index contributed by atoms with van der Waals surface area (Å²) in [4.78, 5) is 38.8. The summed E-state index contributed by atoms with van der Waals surface area (Å²) >= 11 is 1.66. The fourth-order valence-corrected chi connectivity index (χ4v) is 3.85. The molecule has 0 radical (unpaired) electrons. The fraction of sp³-hybridized carbons (Fsp3) is 0.769. The lowest BCUT2D eigenvalue weighted by atomic mass is 10.1. The van der Waals surface area contributed by atoms with Crippen LogP contribution in [-0.2, 0) is 9.59 Å². The van der Waals surface area contributed by atoms with Gasteiger partial charge in [-0.1, -0.05) is 6.92 Å². The molecule has 2 unspecified atom stereocenters. The molecule has 8 heteroatoms. The highest BCUT2D eigenvalue weighted by Crippen LogP contribution is 2.22. The quantitative estimate of drug-likeness (QED) is 0.777. The smallest absolute Gasteiger partial charge is 0.321 e. The minimum Gasteiger partial charge on any atom is -0.481 e. The van der Waals surface area contributed by atoms with Crippen molar-refractivity contribution < 1.29 is 19.5 Å². The molecule has 2 rings (SSSR count). The van der Waals surface area contributed by atoms with Crippen LogP contribution in [0.15, 0.2) is 0 Å². The summed E-state index contributed by atoms with van der Waals surface area (Å²) in [5.41, 5.74) is 0. The van der Waals surface area contributed by atoms with Crippen molar-refractivity contribution in [2.75, 3.05) is 31.1 Å². The van der Waals surface area contributed by atoms with Gasteiger partial charge in [-0.15, -0.1) is 0 Å². The largest absolute Gasteiger partial charge is 0.481 e. The molecular weight excluding hydrogens is 294 g/mol. The first kappa shape index (κ1) is 15.9. The molecule has 0 aromatic rings. The van der Waals surface area contributed by atoms with Crippen molar-refractivity contribution in [2.45, 2.75) is 31.8 Å². The van der Waals surface area contributed by atoms with Gasteiger partial charge in [-0.3, -0.25) is 9.59 Å². The van der Waals surface area contributed by atoms with Gasteiger partial charge in [-0.2, -0.15) is 11.8 Å². The van der Waals surface area contributed by atoms with Crippen LogP contribution in [0.1, 0.15) is 19.8 Å². The number of nitrogens with one attached hydrogen (secondary N) is 1. The third kappa shape index (κ3) is 3.61.